The quantitative estimate of drug-likeness (QED) is 0.394. The Labute approximate surface area is 157 Å². The zero-order chi connectivity index (χ0) is 19.4. The number of aromatic nitrogens is 1. The Kier molecular flexibility index (Phi) is 5.28. The third-order valence-corrected chi connectivity index (χ3v) is 4.28. The number of Topliss-reactive ketones (excluding diaryl/α,β-unsaturated/α-hetero) is 1. The van der Waals surface area contributed by atoms with Gasteiger partial charge in [-0.2, -0.15) is 5.26 Å². The summed E-state index contributed by atoms with van der Waals surface area (Å²) in [4.78, 5) is 16.2. The molecule has 1 N–H and O–H groups in total. The minimum absolute atomic E-state index is 0.0652. The van der Waals surface area contributed by atoms with Gasteiger partial charge in [0.25, 0.3) is 0 Å². The third-order valence-electron chi connectivity index (χ3n) is 4.28. The number of rotatable bonds is 6. The fraction of sp³-hybridized carbons (Fsp3) is 0.182. The summed E-state index contributed by atoms with van der Waals surface area (Å²) in [5.41, 5.74) is 2.90. The number of aromatic amines is 1. The minimum atomic E-state index is -0.304. The highest BCUT2D eigenvalue weighted by Crippen LogP contribution is 2.30. The summed E-state index contributed by atoms with van der Waals surface area (Å²) < 4.78 is 10.8. The van der Waals surface area contributed by atoms with Crippen LogP contribution < -0.4 is 9.47 Å². The van der Waals surface area contributed by atoms with Crippen molar-refractivity contribution in [1.29, 1.82) is 5.26 Å². The molecule has 0 bridgehead atoms. The van der Waals surface area contributed by atoms with Gasteiger partial charge in [-0.05, 0) is 43.7 Å². The topological polar surface area (TPSA) is 75.1 Å². The monoisotopic (exact) mass is 360 g/mol. The van der Waals surface area contributed by atoms with Gasteiger partial charge in [0.05, 0.1) is 19.3 Å². The molecule has 0 atom stereocenters. The number of para-hydroxylation sites is 1. The summed E-state index contributed by atoms with van der Waals surface area (Å²) in [5.74, 6) is 0.870. The number of hydrogen-bond acceptors (Lipinski definition) is 4. The molecule has 0 saturated heterocycles. The van der Waals surface area contributed by atoms with E-state index in [0.717, 1.165) is 16.6 Å². The van der Waals surface area contributed by atoms with E-state index in [4.69, 9.17) is 9.47 Å². The van der Waals surface area contributed by atoms with Crippen LogP contribution in [0.5, 0.6) is 11.5 Å². The van der Waals surface area contributed by atoms with E-state index in [1.807, 2.05) is 44.2 Å². The maximum absolute atomic E-state index is 13.0. The zero-order valence-electron chi connectivity index (χ0n) is 15.5. The van der Waals surface area contributed by atoms with Gasteiger partial charge in [0.2, 0.25) is 5.78 Å². The summed E-state index contributed by atoms with van der Waals surface area (Å²) in [7, 11) is 1.57. The number of nitrogens with one attached hydrogen (secondary N) is 1. The molecular weight excluding hydrogens is 340 g/mol. The molecule has 136 valence electrons. The number of hydrogen-bond donors (Lipinski definition) is 1. The molecule has 0 aliphatic rings. The van der Waals surface area contributed by atoms with Crippen LogP contribution in [0, 0.1) is 18.3 Å². The van der Waals surface area contributed by atoms with Gasteiger partial charge in [-0.1, -0.05) is 24.3 Å². The molecule has 0 unspecified atom stereocenters. The number of ketones is 1. The summed E-state index contributed by atoms with van der Waals surface area (Å²) in [5, 5.41) is 10.4. The van der Waals surface area contributed by atoms with Gasteiger partial charge < -0.3 is 14.5 Å². The summed E-state index contributed by atoms with van der Waals surface area (Å²) in [6.45, 7) is 4.21. The SMILES string of the molecule is CCOc1cc(C=C(C#N)C(=O)c2c(C)[nH]c3ccccc23)ccc1OC. The molecule has 1 aromatic heterocycles. The Bertz CT molecular complexity index is 1070. The van der Waals surface area contributed by atoms with Crippen LogP contribution in [0.4, 0.5) is 0 Å². The van der Waals surface area contributed by atoms with Crippen LogP contribution in [0.15, 0.2) is 48.0 Å². The van der Waals surface area contributed by atoms with E-state index in [1.165, 1.54) is 0 Å². The van der Waals surface area contributed by atoms with Gasteiger partial charge in [-0.25, -0.2) is 0 Å². The number of H-pyrrole nitrogens is 1. The number of methoxy groups -OCH3 is 1. The van der Waals surface area contributed by atoms with Crippen LogP contribution in [0.25, 0.3) is 17.0 Å². The number of aryl methyl sites for hydroxylation is 1. The maximum atomic E-state index is 13.0. The predicted molar refractivity (Wildman–Crippen MR) is 105 cm³/mol. The number of nitriles is 1. The van der Waals surface area contributed by atoms with Crippen LogP contribution in [0.2, 0.25) is 0 Å². The average Bonchev–Trinajstić information content (AvgIpc) is 3.01. The molecular formula is C22H20N2O3. The number of carbonyl (C=O) groups is 1. The Hall–Kier alpha value is -3.52. The van der Waals surface area contributed by atoms with Crippen molar-refractivity contribution in [1.82, 2.24) is 4.98 Å². The molecule has 0 spiro atoms. The normalized spacial score (nSPS) is 11.3. The Morgan fingerprint density at radius 3 is 2.70 bits per heavy atom. The summed E-state index contributed by atoms with van der Waals surface area (Å²) in [6, 6.07) is 14.9. The number of benzene rings is 2. The first-order chi connectivity index (χ1) is 13.1. The number of nitrogens with zero attached hydrogens (tertiary/aromatic N) is 1. The van der Waals surface area contributed by atoms with Crippen molar-refractivity contribution in [2.75, 3.05) is 13.7 Å². The standard InChI is InChI=1S/C22H20N2O3/c1-4-27-20-12-15(9-10-19(20)26-3)11-16(13-23)22(25)21-14(2)24-18-8-6-5-7-17(18)21/h5-12,24H,4H2,1-3H3. The van der Waals surface area contributed by atoms with E-state index in [2.05, 4.69) is 4.98 Å². The number of ether oxygens (including phenoxy) is 2. The molecule has 0 aliphatic carbocycles. The number of fused-ring (bicyclic) bond motifs is 1. The molecule has 3 rings (SSSR count). The first kappa shape index (κ1) is 18.3. The lowest BCUT2D eigenvalue weighted by Crippen LogP contribution is -2.03. The van der Waals surface area contributed by atoms with E-state index in [9.17, 15) is 10.1 Å². The van der Waals surface area contributed by atoms with Crippen LogP contribution in [0.1, 0.15) is 28.5 Å². The Morgan fingerprint density at radius 2 is 2.00 bits per heavy atom. The zero-order valence-corrected chi connectivity index (χ0v) is 15.5. The first-order valence-electron chi connectivity index (χ1n) is 8.63. The molecule has 0 radical (unpaired) electrons. The first-order valence-corrected chi connectivity index (χ1v) is 8.63. The lowest BCUT2D eigenvalue weighted by molar-refractivity contribution is 0.104. The minimum Gasteiger partial charge on any atom is -0.493 e. The van der Waals surface area contributed by atoms with Crippen molar-refractivity contribution in [2.24, 2.45) is 0 Å². The fourth-order valence-corrected chi connectivity index (χ4v) is 3.07. The largest absolute Gasteiger partial charge is 0.493 e. The second-order valence-corrected chi connectivity index (χ2v) is 6.01. The molecule has 0 fully saturated rings. The summed E-state index contributed by atoms with van der Waals surface area (Å²) in [6.07, 6.45) is 1.57. The molecule has 0 aliphatic heterocycles. The van der Waals surface area contributed by atoms with Crippen LogP contribution in [0.3, 0.4) is 0 Å². The highest BCUT2D eigenvalue weighted by Gasteiger charge is 2.19. The molecule has 5 heteroatoms. The van der Waals surface area contributed by atoms with Gasteiger partial charge in [-0.15, -0.1) is 0 Å². The molecule has 2 aromatic carbocycles. The van der Waals surface area contributed by atoms with Crippen LogP contribution in [-0.4, -0.2) is 24.5 Å². The average molecular weight is 360 g/mol. The maximum Gasteiger partial charge on any atom is 0.205 e. The van der Waals surface area contributed by atoms with Crippen molar-refractivity contribution < 1.29 is 14.3 Å². The van der Waals surface area contributed by atoms with E-state index in [-0.39, 0.29) is 11.4 Å². The Balaban J connectivity index is 2.04. The molecule has 1 heterocycles. The van der Waals surface area contributed by atoms with E-state index in [1.54, 1.807) is 31.4 Å². The lowest BCUT2D eigenvalue weighted by atomic mass is 9.99. The number of allylic oxidation sites excluding steroid dienone is 1. The molecule has 0 saturated carbocycles. The predicted octanol–water partition coefficient (Wildman–Crippen LogP) is 4.67. The highest BCUT2D eigenvalue weighted by atomic mass is 16.5. The van der Waals surface area contributed by atoms with Crippen LogP contribution >= 0.6 is 0 Å². The van der Waals surface area contributed by atoms with Crippen molar-refractivity contribution >= 4 is 22.8 Å². The van der Waals surface area contributed by atoms with Gasteiger partial charge in [0.1, 0.15) is 11.6 Å². The molecule has 3 aromatic rings. The van der Waals surface area contributed by atoms with Crippen molar-refractivity contribution in [3.8, 4) is 17.6 Å². The fourth-order valence-electron chi connectivity index (χ4n) is 3.07. The second-order valence-electron chi connectivity index (χ2n) is 6.01. The van der Waals surface area contributed by atoms with Crippen LogP contribution in [-0.2, 0) is 0 Å². The third kappa shape index (κ3) is 3.56. The van der Waals surface area contributed by atoms with Crippen molar-refractivity contribution in [2.45, 2.75) is 13.8 Å². The van der Waals surface area contributed by atoms with Crippen molar-refractivity contribution in [3.05, 3.63) is 64.9 Å². The molecule has 27 heavy (non-hydrogen) atoms. The lowest BCUT2D eigenvalue weighted by Gasteiger charge is -2.10. The smallest absolute Gasteiger partial charge is 0.205 e. The van der Waals surface area contributed by atoms with Gasteiger partial charge in [-0.3, -0.25) is 4.79 Å². The second kappa shape index (κ2) is 7.79. The highest BCUT2D eigenvalue weighted by molar-refractivity contribution is 6.20. The van der Waals surface area contributed by atoms with E-state index >= 15 is 0 Å². The molecule has 5 nitrogen and oxygen atoms in total. The van der Waals surface area contributed by atoms with Gasteiger partial charge in [0, 0.05) is 16.6 Å². The summed E-state index contributed by atoms with van der Waals surface area (Å²) >= 11 is 0. The van der Waals surface area contributed by atoms with Gasteiger partial charge in [0.15, 0.2) is 11.5 Å². The van der Waals surface area contributed by atoms with E-state index in [0.29, 0.717) is 29.2 Å². The molecule has 0 amide bonds. The van der Waals surface area contributed by atoms with Crippen molar-refractivity contribution in [3.63, 3.8) is 0 Å². The van der Waals surface area contributed by atoms with E-state index < -0.39 is 0 Å². The number of carbonyl (C=O) groups excluding carboxylic acids is 1. The van der Waals surface area contributed by atoms with Gasteiger partial charge >= 0.3 is 0 Å². The Morgan fingerprint density at radius 1 is 1.22 bits per heavy atom.